The van der Waals surface area contributed by atoms with E-state index in [1.807, 2.05) is 6.07 Å². The van der Waals surface area contributed by atoms with E-state index in [2.05, 4.69) is 20.5 Å². The van der Waals surface area contributed by atoms with Crippen LogP contribution < -0.4 is 9.64 Å². The molecule has 0 N–H and O–H groups in total. The van der Waals surface area contributed by atoms with E-state index in [1.165, 1.54) is 5.01 Å². The van der Waals surface area contributed by atoms with Gasteiger partial charge in [0.05, 0.1) is 17.8 Å². The molecule has 0 spiro atoms. The molecular formula is C20H15ClN6O4. The molecular weight excluding hydrogens is 424 g/mol. The summed E-state index contributed by atoms with van der Waals surface area (Å²) in [6, 6.07) is 12.0. The van der Waals surface area contributed by atoms with Crippen molar-refractivity contribution in [3.63, 3.8) is 0 Å². The molecule has 1 aromatic heterocycles. The lowest BCUT2D eigenvalue weighted by Crippen LogP contribution is -2.39. The minimum Gasteiger partial charge on any atom is -0.497 e. The summed E-state index contributed by atoms with van der Waals surface area (Å²) in [7, 11) is 1.54. The Morgan fingerprint density at radius 3 is 2.61 bits per heavy atom. The van der Waals surface area contributed by atoms with E-state index in [-0.39, 0.29) is 12.4 Å². The van der Waals surface area contributed by atoms with Gasteiger partial charge in [-0.05, 0) is 36.4 Å². The fourth-order valence-corrected chi connectivity index (χ4v) is 3.77. The van der Waals surface area contributed by atoms with Crippen LogP contribution in [0.2, 0.25) is 5.02 Å². The Balaban J connectivity index is 1.36. The second-order valence-corrected chi connectivity index (χ2v) is 7.30. The lowest BCUT2D eigenvalue weighted by Gasteiger charge is -2.19. The highest BCUT2D eigenvalue weighted by atomic mass is 35.5. The van der Waals surface area contributed by atoms with Crippen LogP contribution in [0.15, 0.2) is 63.4 Å². The Bertz CT molecular complexity index is 1190. The first kappa shape index (κ1) is 19.2. The highest BCUT2D eigenvalue weighted by molar-refractivity contribution is 6.33. The first-order chi connectivity index (χ1) is 15.1. The maximum absolute atomic E-state index is 13.1. The number of aromatic nitrogens is 2. The molecule has 0 aliphatic carbocycles. The predicted molar refractivity (Wildman–Crippen MR) is 108 cm³/mol. The Labute approximate surface area is 181 Å². The van der Waals surface area contributed by atoms with Crippen molar-refractivity contribution in [1.29, 1.82) is 0 Å². The van der Waals surface area contributed by atoms with E-state index in [4.69, 9.17) is 20.9 Å². The predicted octanol–water partition coefficient (Wildman–Crippen LogP) is 2.89. The quantitative estimate of drug-likeness (QED) is 0.562. The molecule has 0 unspecified atom stereocenters. The van der Waals surface area contributed by atoms with Gasteiger partial charge in [-0.1, -0.05) is 34.1 Å². The number of hydrogen-bond acceptors (Lipinski definition) is 9. The molecule has 3 aromatic rings. The molecule has 2 amide bonds. The SMILES string of the molecule is COc1ccc(N2C(=O)[C@H]3N=NN(Cc4nc(-c5ccccc5Cl)no4)[C@H]3C2=O)cc1. The van der Waals surface area contributed by atoms with Gasteiger partial charge in [-0.25, -0.2) is 4.90 Å². The van der Waals surface area contributed by atoms with Crippen LogP contribution in [-0.2, 0) is 16.1 Å². The molecule has 2 atom stereocenters. The molecule has 1 saturated heterocycles. The summed E-state index contributed by atoms with van der Waals surface area (Å²) in [5.41, 5.74) is 1.07. The third-order valence-electron chi connectivity index (χ3n) is 5.07. The number of amides is 2. The minimum absolute atomic E-state index is 0.0254. The lowest BCUT2D eigenvalue weighted by atomic mass is 10.1. The third kappa shape index (κ3) is 3.21. The fourth-order valence-electron chi connectivity index (χ4n) is 3.55. The van der Waals surface area contributed by atoms with Gasteiger partial charge in [0.1, 0.15) is 12.3 Å². The number of rotatable bonds is 5. The van der Waals surface area contributed by atoms with Gasteiger partial charge in [0.25, 0.3) is 11.8 Å². The molecule has 0 radical (unpaired) electrons. The number of imide groups is 1. The Kier molecular flexibility index (Phi) is 4.63. The molecule has 5 rings (SSSR count). The molecule has 31 heavy (non-hydrogen) atoms. The van der Waals surface area contributed by atoms with Gasteiger partial charge in [0, 0.05) is 5.56 Å². The molecule has 10 nitrogen and oxygen atoms in total. The van der Waals surface area contributed by atoms with Crippen molar-refractivity contribution in [3.8, 4) is 17.1 Å². The number of carbonyl (C=O) groups excluding carboxylic acids is 2. The van der Waals surface area contributed by atoms with Gasteiger partial charge in [0.2, 0.25) is 11.7 Å². The van der Waals surface area contributed by atoms with Gasteiger partial charge in [-0.2, -0.15) is 10.1 Å². The van der Waals surface area contributed by atoms with E-state index in [9.17, 15) is 9.59 Å². The van der Waals surface area contributed by atoms with E-state index in [1.54, 1.807) is 49.6 Å². The zero-order valence-electron chi connectivity index (χ0n) is 16.2. The van der Waals surface area contributed by atoms with Gasteiger partial charge < -0.3 is 9.26 Å². The van der Waals surface area contributed by atoms with Crippen molar-refractivity contribution in [2.24, 2.45) is 10.3 Å². The molecule has 0 saturated carbocycles. The highest BCUT2D eigenvalue weighted by Gasteiger charge is 2.55. The minimum atomic E-state index is -0.916. The molecule has 2 aliphatic heterocycles. The molecule has 11 heteroatoms. The topological polar surface area (TPSA) is 113 Å². The van der Waals surface area contributed by atoms with E-state index in [0.717, 1.165) is 4.90 Å². The van der Waals surface area contributed by atoms with Crippen molar-refractivity contribution < 1.29 is 18.8 Å². The van der Waals surface area contributed by atoms with Crippen molar-refractivity contribution in [3.05, 3.63) is 59.4 Å². The van der Waals surface area contributed by atoms with Crippen molar-refractivity contribution in [2.45, 2.75) is 18.6 Å². The van der Waals surface area contributed by atoms with Gasteiger partial charge in [-0.15, -0.1) is 0 Å². The Hall–Kier alpha value is -3.79. The number of carbonyl (C=O) groups is 2. The van der Waals surface area contributed by atoms with Crippen LogP contribution in [0, 0.1) is 0 Å². The number of fused-ring (bicyclic) bond motifs is 1. The smallest absolute Gasteiger partial charge is 0.263 e. The summed E-state index contributed by atoms with van der Waals surface area (Å²) in [5.74, 6) is 0.305. The van der Waals surface area contributed by atoms with E-state index >= 15 is 0 Å². The summed E-state index contributed by atoms with van der Waals surface area (Å²) < 4.78 is 10.4. The van der Waals surface area contributed by atoms with Crippen LogP contribution in [-0.4, -0.2) is 46.2 Å². The first-order valence-electron chi connectivity index (χ1n) is 9.33. The maximum atomic E-state index is 13.1. The summed E-state index contributed by atoms with van der Waals surface area (Å²) in [5, 5.41) is 13.8. The van der Waals surface area contributed by atoms with Crippen LogP contribution in [0.4, 0.5) is 5.69 Å². The summed E-state index contributed by atoms with van der Waals surface area (Å²) in [4.78, 5) is 31.3. The molecule has 0 bridgehead atoms. The number of ether oxygens (including phenoxy) is 1. The summed E-state index contributed by atoms with van der Waals surface area (Å²) >= 11 is 6.18. The number of anilines is 1. The molecule has 1 fully saturated rings. The number of hydrogen-bond donors (Lipinski definition) is 0. The standard InChI is InChI=1S/C20H15ClN6O4/c1-30-12-8-6-11(7-9-12)27-19(28)16-17(20(27)29)26(25-23-16)10-15-22-18(24-31-15)13-4-2-3-5-14(13)21/h2-9,16-17H,10H2,1H3/t16-,17+/m0/s1. The Morgan fingerprint density at radius 1 is 1.10 bits per heavy atom. The largest absolute Gasteiger partial charge is 0.497 e. The van der Waals surface area contributed by atoms with Crippen molar-refractivity contribution >= 4 is 29.1 Å². The normalized spacial score (nSPS) is 19.9. The van der Waals surface area contributed by atoms with Gasteiger partial charge in [0.15, 0.2) is 12.1 Å². The fraction of sp³-hybridized carbons (Fsp3) is 0.200. The monoisotopic (exact) mass is 438 g/mol. The first-order valence-corrected chi connectivity index (χ1v) is 9.71. The van der Waals surface area contributed by atoms with Crippen molar-refractivity contribution in [2.75, 3.05) is 12.0 Å². The molecule has 2 aliphatic rings. The van der Waals surface area contributed by atoms with Crippen molar-refractivity contribution in [1.82, 2.24) is 15.1 Å². The number of halogens is 1. The maximum Gasteiger partial charge on any atom is 0.263 e. The van der Waals surface area contributed by atoms with E-state index < -0.39 is 23.9 Å². The average Bonchev–Trinajstić information content (AvgIpc) is 3.47. The van der Waals surface area contributed by atoms with Crippen LogP contribution >= 0.6 is 11.6 Å². The van der Waals surface area contributed by atoms with Gasteiger partial charge in [-0.3, -0.25) is 14.6 Å². The zero-order valence-corrected chi connectivity index (χ0v) is 16.9. The molecule has 3 heterocycles. The van der Waals surface area contributed by atoms with Crippen LogP contribution in [0.1, 0.15) is 5.89 Å². The highest BCUT2D eigenvalue weighted by Crippen LogP contribution is 2.33. The van der Waals surface area contributed by atoms with Crippen LogP contribution in [0.25, 0.3) is 11.4 Å². The van der Waals surface area contributed by atoms with Crippen LogP contribution in [0.5, 0.6) is 5.75 Å². The van der Waals surface area contributed by atoms with E-state index in [0.29, 0.717) is 27.8 Å². The number of methoxy groups -OCH3 is 1. The number of benzene rings is 2. The second-order valence-electron chi connectivity index (χ2n) is 6.89. The van der Waals surface area contributed by atoms with Crippen LogP contribution in [0.3, 0.4) is 0 Å². The molecule has 2 aromatic carbocycles. The second kappa shape index (κ2) is 7.47. The Morgan fingerprint density at radius 2 is 1.87 bits per heavy atom. The zero-order chi connectivity index (χ0) is 21.5. The van der Waals surface area contributed by atoms with Gasteiger partial charge >= 0.3 is 0 Å². The summed E-state index contributed by atoms with van der Waals surface area (Å²) in [6.45, 7) is 0.0254. The number of nitrogens with zero attached hydrogens (tertiary/aromatic N) is 6. The third-order valence-corrected chi connectivity index (χ3v) is 5.40. The average molecular weight is 439 g/mol. The lowest BCUT2D eigenvalue weighted by molar-refractivity contribution is -0.123. The summed E-state index contributed by atoms with van der Waals surface area (Å²) in [6.07, 6.45) is 0. The molecule has 156 valence electrons.